The Morgan fingerprint density at radius 1 is 0.842 bits per heavy atom. The van der Waals surface area contributed by atoms with Gasteiger partial charge in [-0.15, -0.1) is 0 Å². The van der Waals surface area contributed by atoms with Gasteiger partial charge in [-0.2, -0.15) is 0 Å². The molecule has 0 aromatic carbocycles. The number of carbonyl (C=O) groups excluding carboxylic acids is 3. The molecule has 6 heteroatoms. The summed E-state index contributed by atoms with van der Waals surface area (Å²) in [6, 6.07) is 0. The van der Waals surface area contributed by atoms with Gasteiger partial charge in [-0.05, 0) is 6.42 Å². The first kappa shape index (κ1) is 17.3. The number of nitrogens with two attached hydrogens (primary N) is 2. The van der Waals surface area contributed by atoms with Crippen LogP contribution in [0.1, 0.15) is 58.3 Å². The SMILES string of the molecule is CCCCCCCCCC(=O)N=C(C(N)=O)C(N)=O. The van der Waals surface area contributed by atoms with Crippen LogP contribution in [0.4, 0.5) is 0 Å². The predicted octanol–water partition coefficient (Wildman–Crippen LogP) is 1.07. The lowest BCUT2D eigenvalue weighted by atomic mass is 10.1. The number of hydrogen-bond donors (Lipinski definition) is 2. The highest BCUT2D eigenvalue weighted by molar-refractivity contribution is 6.65. The van der Waals surface area contributed by atoms with E-state index in [1.165, 1.54) is 25.7 Å². The van der Waals surface area contributed by atoms with Gasteiger partial charge in [0.15, 0.2) is 5.71 Å². The zero-order valence-electron chi connectivity index (χ0n) is 11.5. The molecule has 0 fully saturated rings. The van der Waals surface area contributed by atoms with E-state index in [0.29, 0.717) is 6.42 Å². The van der Waals surface area contributed by atoms with E-state index in [4.69, 9.17) is 11.5 Å². The summed E-state index contributed by atoms with van der Waals surface area (Å²) < 4.78 is 0. The number of carbonyl (C=O) groups is 3. The zero-order chi connectivity index (χ0) is 14.7. The second-order valence-electron chi connectivity index (χ2n) is 4.45. The molecule has 0 rings (SSSR count). The van der Waals surface area contributed by atoms with Crippen LogP contribution in [0.2, 0.25) is 0 Å². The van der Waals surface area contributed by atoms with E-state index in [2.05, 4.69) is 11.9 Å². The molecule has 0 aliphatic heterocycles. The predicted molar refractivity (Wildman–Crippen MR) is 73.4 cm³/mol. The largest absolute Gasteiger partial charge is 0.364 e. The topological polar surface area (TPSA) is 116 Å². The van der Waals surface area contributed by atoms with Gasteiger partial charge in [0.25, 0.3) is 11.8 Å². The van der Waals surface area contributed by atoms with Crippen molar-refractivity contribution < 1.29 is 14.4 Å². The first-order valence-corrected chi connectivity index (χ1v) is 6.70. The smallest absolute Gasteiger partial charge is 0.273 e. The summed E-state index contributed by atoms with van der Waals surface area (Å²) in [7, 11) is 0. The van der Waals surface area contributed by atoms with Crippen molar-refractivity contribution in [3.63, 3.8) is 0 Å². The van der Waals surface area contributed by atoms with Crippen LogP contribution >= 0.6 is 0 Å². The summed E-state index contributed by atoms with van der Waals surface area (Å²) in [5, 5.41) is 0. The van der Waals surface area contributed by atoms with Crippen LogP contribution in [0.3, 0.4) is 0 Å². The van der Waals surface area contributed by atoms with Gasteiger partial charge in [0.05, 0.1) is 0 Å². The van der Waals surface area contributed by atoms with E-state index in [1.807, 2.05) is 0 Å². The Bertz CT molecular complexity index is 335. The van der Waals surface area contributed by atoms with Gasteiger partial charge in [-0.3, -0.25) is 14.4 Å². The number of nitrogens with zero attached hydrogens (tertiary/aromatic N) is 1. The average Bonchev–Trinajstić information content (AvgIpc) is 2.34. The number of primary amides is 2. The number of unbranched alkanes of at least 4 members (excludes halogenated alkanes) is 6. The van der Waals surface area contributed by atoms with Crippen LogP contribution in [0.25, 0.3) is 0 Å². The van der Waals surface area contributed by atoms with Gasteiger partial charge in [-0.1, -0.05) is 45.4 Å². The molecule has 0 unspecified atom stereocenters. The lowest BCUT2D eigenvalue weighted by Crippen LogP contribution is -2.36. The second-order valence-corrected chi connectivity index (χ2v) is 4.45. The molecule has 19 heavy (non-hydrogen) atoms. The van der Waals surface area contributed by atoms with Crippen LogP contribution in [0.15, 0.2) is 4.99 Å². The fraction of sp³-hybridized carbons (Fsp3) is 0.692. The molecule has 0 aromatic rings. The number of amides is 3. The van der Waals surface area contributed by atoms with Crippen molar-refractivity contribution in [3.8, 4) is 0 Å². The molecule has 0 atom stereocenters. The molecule has 0 aliphatic carbocycles. The van der Waals surface area contributed by atoms with E-state index >= 15 is 0 Å². The maximum absolute atomic E-state index is 11.4. The van der Waals surface area contributed by atoms with Crippen LogP contribution in [0, 0.1) is 0 Å². The number of rotatable bonds is 10. The third-order valence-electron chi connectivity index (χ3n) is 2.70. The van der Waals surface area contributed by atoms with Gasteiger partial charge in [0, 0.05) is 6.42 Å². The summed E-state index contributed by atoms with van der Waals surface area (Å²) in [5.74, 6) is -2.66. The Balaban J connectivity index is 3.89. The fourth-order valence-electron chi connectivity index (χ4n) is 1.65. The van der Waals surface area contributed by atoms with E-state index in [1.54, 1.807) is 0 Å². The minimum absolute atomic E-state index is 0.206. The van der Waals surface area contributed by atoms with Crippen LogP contribution in [-0.2, 0) is 14.4 Å². The average molecular weight is 269 g/mol. The molecule has 0 spiro atoms. The highest BCUT2D eigenvalue weighted by Crippen LogP contribution is 2.08. The summed E-state index contributed by atoms with van der Waals surface area (Å²) in [6.45, 7) is 2.16. The maximum atomic E-state index is 11.4. The quantitative estimate of drug-likeness (QED) is 0.351. The molecule has 108 valence electrons. The lowest BCUT2D eigenvalue weighted by Gasteiger charge is -2.00. The van der Waals surface area contributed by atoms with Gasteiger partial charge >= 0.3 is 0 Å². The van der Waals surface area contributed by atoms with Crippen molar-refractivity contribution in [2.24, 2.45) is 16.5 Å². The van der Waals surface area contributed by atoms with Crippen molar-refractivity contribution in [2.75, 3.05) is 0 Å². The van der Waals surface area contributed by atoms with Crippen LogP contribution < -0.4 is 11.5 Å². The first-order valence-electron chi connectivity index (χ1n) is 6.70. The molecule has 0 radical (unpaired) electrons. The third-order valence-corrected chi connectivity index (χ3v) is 2.70. The van der Waals surface area contributed by atoms with Gasteiger partial charge in [0.2, 0.25) is 5.91 Å². The monoisotopic (exact) mass is 269 g/mol. The van der Waals surface area contributed by atoms with Crippen molar-refractivity contribution >= 4 is 23.4 Å². The Kier molecular flexibility index (Phi) is 9.30. The van der Waals surface area contributed by atoms with E-state index in [-0.39, 0.29) is 6.42 Å². The minimum atomic E-state index is -1.07. The van der Waals surface area contributed by atoms with Crippen molar-refractivity contribution in [2.45, 2.75) is 58.3 Å². The van der Waals surface area contributed by atoms with E-state index in [9.17, 15) is 14.4 Å². The Morgan fingerprint density at radius 2 is 1.32 bits per heavy atom. The number of hydrogen-bond acceptors (Lipinski definition) is 3. The van der Waals surface area contributed by atoms with Crippen molar-refractivity contribution in [1.29, 1.82) is 0 Å². The molecule has 3 amide bonds. The second kappa shape index (κ2) is 10.2. The first-order chi connectivity index (χ1) is 8.99. The molecule has 0 heterocycles. The highest BCUT2D eigenvalue weighted by atomic mass is 16.2. The normalized spacial score (nSPS) is 9.95. The molecular weight excluding hydrogens is 246 g/mol. The highest BCUT2D eigenvalue weighted by Gasteiger charge is 2.15. The fourth-order valence-corrected chi connectivity index (χ4v) is 1.65. The third kappa shape index (κ3) is 8.93. The standard InChI is InChI=1S/C13H23N3O3/c1-2-3-4-5-6-7-8-9-10(17)16-11(12(14)18)13(15)19/h2-9H2,1H3,(H2,14,18)(H2,15,19). The zero-order valence-corrected chi connectivity index (χ0v) is 11.5. The summed E-state index contributed by atoms with van der Waals surface area (Å²) in [4.78, 5) is 36.3. The molecule has 0 aliphatic rings. The Hall–Kier alpha value is -1.72. The van der Waals surface area contributed by atoms with Gasteiger partial charge in [-0.25, -0.2) is 4.99 Å². The molecule has 4 N–H and O–H groups in total. The lowest BCUT2D eigenvalue weighted by molar-refractivity contribution is -0.120. The maximum Gasteiger partial charge on any atom is 0.273 e. The van der Waals surface area contributed by atoms with Gasteiger partial charge < -0.3 is 11.5 Å². The molecule has 0 aromatic heterocycles. The number of aliphatic imine (C=N–C) groups is 1. The molecule has 0 saturated carbocycles. The van der Waals surface area contributed by atoms with Gasteiger partial charge in [0.1, 0.15) is 0 Å². The van der Waals surface area contributed by atoms with Crippen molar-refractivity contribution in [1.82, 2.24) is 0 Å². The minimum Gasteiger partial charge on any atom is -0.364 e. The van der Waals surface area contributed by atoms with Crippen LogP contribution in [0.5, 0.6) is 0 Å². The Morgan fingerprint density at radius 3 is 1.79 bits per heavy atom. The Labute approximate surface area is 113 Å². The van der Waals surface area contributed by atoms with E-state index in [0.717, 1.165) is 12.8 Å². The molecule has 0 saturated heterocycles. The van der Waals surface area contributed by atoms with E-state index < -0.39 is 23.4 Å². The summed E-state index contributed by atoms with van der Waals surface area (Å²) >= 11 is 0. The van der Waals surface area contributed by atoms with Crippen molar-refractivity contribution in [3.05, 3.63) is 0 Å². The molecule has 6 nitrogen and oxygen atoms in total. The molecular formula is C13H23N3O3. The molecule has 0 bridgehead atoms. The van der Waals surface area contributed by atoms with Crippen LogP contribution in [-0.4, -0.2) is 23.4 Å². The summed E-state index contributed by atoms with van der Waals surface area (Å²) in [5.41, 5.74) is 9.10. The summed E-state index contributed by atoms with van der Waals surface area (Å²) in [6.07, 6.45) is 7.75.